The molecule has 7 nitrogen and oxygen atoms in total. The number of nitrogens with one attached hydrogen (secondary N) is 2. The van der Waals surface area contributed by atoms with E-state index < -0.39 is 27.2 Å². The van der Waals surface area contributed by atoms with Crippen LogP contribution in [0.5, 0.6) is 0 Å². The molecule has 0 saturated carbocycles. The third kappa shape index (κ3) is 4.83. The number of para-hydroxylation sites is 1. The standard InChI is InChI=1S/C37H34N4O3Si/c1-23-33(32-31(34(42)40-35(32)43)28-21-38-29-18-12-11-17-27(28)29)41-22-26(19-20-30(41)39-23)37(44-45-36(2,3)4,24-13-7-5-8-14-24)25-15-9-6-10-16-25/h5-22,38H,45H2,1-4H3,(H,40,42,43). The van der Waals surface area contributed by atoms with Gasteiger partial charge in [-0.05, 0) is 35.2 Å². The van der Waals surface area contributed by atoms with E-state index in [0.717, 1.165) is 27.6 Å². The Morgan fingerprint density at radius 2 is 1.38 bits per heavy atom. The number of amides is 2. The number of benzene rings is 3. The molecule has 7 rings (SSSR count). The highest BCUT2D eigenvalue weighted by molar-refractivity contribution is 6.50. The van der Waals surface area contributed by atoms with Gasteiger partial charge < -0.3 is 9.41 Å². The first-order valence-electron chi connectivity index (χ1n) is 15.1. The highest BCUT2D eigenvalue weighted by atomic mass is 28.2. The minimum Gasteiger partial charge on any atom is -0.406 e. The van der Waals surface area contributed by atoms with Crippen molar-refractivity contribution in [3.05, 3.63) is 143 Å². The van der Waals surface area contributed by atoms with Crippen molar-refractivity contribution in [3.63, 3.8) is 0 Å². The monoisotopic (exact) mass is 610 g/mol. The molecule has 224 valence electrons. The molecule has 3 aromatic heterocycles. The van der Waals surface area contributed by atoms with E-state index in [4.69, 9.17) is 9.41 Å². The summed E-state index contributed by atoms with van der Waals surface area (Å²) in [4.78, 5) is 35.1. The summed E-state index contributed by atoms with van der Waals surface area (Å²) in [6.07, 6.45) is 3.82. The van der Waals surface area contributed by atoms with Crippen LogP contribution >= 0.6 is 0 Å². The minimum absolute atomic E-state index is 0.0248. The summed E-state index contributed by atoms with van der Waals surface area (Å²) in [7, 11) is -1.08. The number of aromatic amines is 1. The average molecular weight is 611 g/mol. The van der Waals surface area contributed by atoms with Gasteiger partial charge in [-0.2, -0.15) is 0 Å². The molecule has 2 N–H and O–H groups in total. The number of H-pyrrole nitrogens is 1. The Hall–Kier alpha value is -5.05. The molecule has 45 heavy (non-hydrogen) atoms. The zero-order valence-electron chi connectivity index (χ0n) is 25.7. The normalized spacial score (nSPS) is 14.4. The maximum atomic E-state index is 13.6. The van der Waals surface area contributed by atoms with Gasteiger partial charge in [-0.15, -0.1) is 0 Å². The van der Waals surface area contributed by atoms with Crippen LogP contribution in [-0.4, -0.2) is 35.9 Å². The number of aryl methyl sites for hydroxylation is 1. The number of fused-ring (bicyclic) bond motifs is 2. The van der Waals surface area contributed by atoms with Crippen LogP contribution < -0.4 is 5.32 Å². The fraction of sp³-hybridized carbons (Fsp3) is 0.162. The molecule has 0 fully saturated rings. The molecule has 0 saturated heterocycles. The molecule has 0 radical (unpaired) electrons. The number of hydrogen-bond acceptors (Lipinski definition) is 4. The molecule has 0 spiro atoms. The zero-order chi connectivity index (χ0) is 31.3. The first kappa shape index (κ1) is 28.7. The number of imidazole rings is 1. The maximum Gasteiger partial charge on any atom is 0.261 e. The number of rotatable bonds is 7. The quantitative estimate of drug-likeness (QED) is 0.164. The van der Waals surface area contributed by atoms with Crippen LogP contribution in [0.2, 0.25) is 5.04 Å². The van der Waals surface area contributed by atoms with Crippen molar-refractivity contribution in [2.75, 3.05) is 0 Å². The first-order chi connectivity index (χ1) is 21.7. The van der Waals surface area contributed by atoms with Gasteiger partial charge in [-0.25, -0.2) is 4.98 Å². The van der Waals surface area contributed by atoms with Crippen molar-refractivity contribution in [1.29, 1.82) is 0 Å². The maximum absolute atomic E-state index is 13.6. The summed E-state index contributed by atoms with van der Waals surface area (Å²) >= 11 is 0. The fourth-order valence-electron chi connectivity index (χ4n) is 6.31. The molecular formula is C37H34N4O3Si. The van der Waals surface area contributed by atoms with Gasteiger partial charge in [0.25, 0.3) is 11.8 Å². The van der Waals surface area contributed by atoms with E-state index in [-0.39, 0.29) is 5.04 Å². The van der Waals surface area contributed by atoms with Crippen LogP contribution in [0.15, 0.2) is 109 Å². The molecule has 1 aliphatic rings. The third-order valence-corrected chi connectivity index (χ3v) is 9.75. The molecule has 0 bridgehead atoms. The van der Waals surface area contributed by atoms with Gasteiger partial charge in [0.2, 0.25) is 0 Å². The Labute approximate surface area is 263 Å². The zero-order valence-corrected chi connectivity index (χ0v) is 27.1. The predicted octanol–water partition coefficient (Wildman–Crippen LogP) is 6.30. The van der Waals surface area contributed by atoms with E-state index in [0.29, 0.717) is 33.7 Å². The molecule has 6 aromatic rings. The molecule has 3 aromatic carbocycles. The Morgan fingerprint density at radius 1 is 0.756 bits per heavy atom. The number of nitrogens with zero attached hydrogens (tertiary/aromatic N) is 2. The van der Waals surface area contributed by atoms with E-state index in [1.807, 2.05) is 84.3 Å². The van der Waals surface area contributed by atoms with Crippen LogP contribution in [0.1, 0.15) is 54.4 Å². The van der Waals surface area contributed by atoms with Gasteiger partial charge >= 0.3 is 0 Å². The van der Waals surface area contributed by atoms with Crippen LogP contribution in [-0.2, 0) is 19.6 Å². The van der Waals surface area contributed by atoms with E-state index in [2.05, 4.69) is 61.4 Å². The van der Waals surface area contributed by atoms with Crippen LogP contribution in [0, 0.1) is 6.92 Å². The number of aromatic nitrogens is 3. The summed E-state index contributed by atoms with van der Waals surface area (Å²) in [6.45, 7) is 8.53. The second-order valence-electron chi connectivity index (χ2n) is 12.7. The number of carbonyl (C=O) groups is 2. The molecule has 0 atom stereocenters. The van der Waals surface area contributed by atoms with Crippen LogP contribution in [0.25, 0.3) is 27.7 Å². The predicted molar refractivity (Wildman–Crippen MR) is 180 cm³/mol. The second-order valence-corrected chi connectivity index (χ2v) is 15.4. The Bertz CT molecular complexity index is 2080. The molecule has 8 heteroatoms. The molecule has 0 unspecified atom stereocenters. The van der Waals surface area contributed by atoms with Gasteiger partial charge in [-0.1, -0.05) is 106 Å². The summed E-state index contributed by atoms with van der Waals surface area (Å²) < 4.78 is 9.14. The second kappa shape index (κ2) is 10.8. The van der Waals surface area contributed by atoms with Crippen molar-refractivity contribution in [2.24, 2.45) is 0 Å². The first-order valence-corrected chi connectivity index (χ1v) is 16.4. The smallest absolute Gasteiger partial charge is 0.261 e. The lowest BCUT2D eigenvalue weighted by atomic mass is 9.81. The summed E-state index contributed by atoms with van der Waals surface area (Å²) in [5.74, 6) is -0.864. The molecule has 4 heterocycles. The van der Waals surface area contributed by atoms with Gasteiger partial charge in [0.15, 0.2) is 9.76 Å². The summed E-state index contributed by atoms with van der Waals surface area (Å²) in [5.41, 5.74) is 6.14. The minimum atomic E-state index is -1.08. The van der Waals surface area contributed by atoms with E-state index in [9.17, 15) is 9.59 Å². The van der Waals surface area contributed by atoms with E-state index >= 15 is 0 Å². The van der Waals surface area contributed by atoms with Crippen molar-refractivity contribution in [2.45, 2.75) is 38.3 Å². The summed E-state index contributed by atoms with van der Waals surface area (Å²) in [5, 5.41) is 3.45. The van der Waals surface area contributed by atoms with Crippen LogP contribution in [0.3, 0.4) is 0 Å². The lowest BCUT2D eigenvalue weighted by Crippen LogP contribution is -2.36. The van der Waals surface area contributed by atoms with Gasteiger partial charge in [0.05, 0.1) is 22.5 Å². The fourth-order valence-corrected chi connectivity index (χ4v) is 7.46. The van der Waals surface area contributed by atoms with E-state index in [1.54, 1.807) is 6.20 Å². The highest BCUT2D eigenvalue weighted by Crippen LogP contribution is 2.43. The van der Waals surface area contributed by atoms with Gasteiger partial charge in [0.1, 0.15) is 11.2 Å². The topological polar surface area (TPSA) is 88.5 Å². The average Bonchev–Trinajstić information content (AvgIpc) is 3.69. The lowest BCUT2D eigenvalue weighted by Gasteiger charge is -2.38. The van der Waals surface area contributed by atoms with Crippen LogP contribution in [0.4, 0.5) is 0 Å². The third-order valence-electron chi connectivity index (χ3n) is 8.31. The number of pyridine rings is 1. The SMILES string of the molecule is Cc1nc2ccc(C(O[SiH2]C(C)(C)C)(c3ccccc3)c3ccccc3)cn2c1C1=C(c2c[nH]c3ccccc23)C(=O)NC1=O. The van der Waals surface area contributed by atoms with E-state index in [1.165, 1.54) is 0 Å². The molecule has 0 aliphatic carbocycles. The largest absolute Gasteiger partial charge is 0.406 e. The van der Waals surface area contributed by atoms with Crippen molar-refractivity contribution >= 4 is 49.3 Å². The Balaban J connectivity index is 1.51. The van der Waals surface area contributed by atoms with Gasteiger partial charge in [0, 0.05) is 34.4 Å². The molecular weight excluding hydrogens is 577 g/mol. The highest BCUT2D eigenvalue weighted by Gasteiger charge is 2.40. The Kier molecular flexibility index (Phi) is 6.91. The van der Waals surface area contributed by atoms with Gasteiger partial charge in [-0.3, -0.25) is 19.3 Å². The van der Waals surface area contributed by atoms with Crippen molar-refractivity contribution in [1.82, 2.24) is 19.7 Å². The molecule has 1 aliphatic heterocycles. The lowest BCUT2D eigenvalue weighted by molar-refractivity contribution is -0.122. The number of imide groups is 1. The van der Waals surface area contributed by atoms with Crippen molar-refractivity contribution in [3.8, 4) is 0 Å². The Morgan fingerprint density at radius 3 is 2.04 bits per heavy atom. The number of carbonyl (C=O) groups excluding carboxylic acids is 2. The van der Waals surface area contributed by atoms with Crippen molar-refractivity contribution < 1.29 is 14.0 Å². The molecule has 2 amide bonds. The number of hydrogen-bond donors (Lipinski definition) is 2. The summed E-state index contributed by atoms with van der Waals surface area (Å²) in [6, 6.07) is 32.4.